The summed E-state index contributed by atoms with van der Waals surface area (Å²) < 4.78 is 6.92. The smallest absolute Gasteiger partial charge is 0.316 e. The molecule has 2 aromatic rings. The number of hydrogen-bond acceptors (Lipinski definition) is 5. The zero-order valence-corrected chi connectivity index (χ0v) is 19.6. The predicted molar refractivity (Wildman–Crippen MR) is 125 cm³/mol. The van der Waals surface area contributed by atoms with Crippen molar-refractivity contribution in [1.29, 1.82) is 0 Å². The molecular formula is C25H32N2O3S. The van der Waals surface area contributed by atoms with Gasteiger partial charge in [0.15, 0.2) is 5.16 Å². The second kappa shape index (κ2) is 9.19. The Morgan fingerprint density at radius 2 is 1.97 bits per heavy atom. The highest BCUT2D eigenvalue weighted by Crippen LogP contribution is 2.48. The Labute approximate surface area is 188 Å². The lowest BCUT2D eigenvalue weighted by atomic mass is 9.62. The van der Waals surface area contributed by atoms with Gasteiger partial charge in [0.25, 0.3) is 5.56 Å². The van der Waals surface area contributed by atoms with Crippen molar-refractivity contribution in [1.82, 2.24) is 9.55 Å². The van der Waals surface area contributed by atoms with Gasteiger partial charge in [-0.3, -0.25) is 14.2 Å². The van der Waals surface area contributed by atoms with Crippen molar-refractivity contribution in [3.05, 3.63) is 45.7 Å². The number of aromatic nitrogens is 2. The zero-order chi connectivity index (χ0) is 22.0. The summed E-state index contributed by atoms with van der Waals surface area (Å²) in [4.78, 5) is 31.1. The molecular weight excluding hydrogens is 408 g/mol. The van der Waals surface area contributed by atoms with E-state index in [0.717, 1.165) is 48.9 Å². The van der Waals surface area contributed by atoms with Gasteiger partial charge in [-0.25, -0.2) is 4.98 Å². The molecule has 31 heavy (non-hydrogen) atoms. The fourth-order valence-electron chi connectivity index (χ4n) is 5.18. The molecule has 1 fully saturated rings. The molecule has 0 N–H and O–H groups in total. The van der Waals surface area contributed by atoms with Crippen LogP contribution in [-0.2, 0) is 27.9 Å². The highest BCUT2D eigenvalue weighted by atomic mass is 32.2. The number of ether oxygens (including phenoxy) is 1. The summed E-state index contributed by atoms with van der Waals surface area (Å²) in [7, 11) is 0. The van der Waals surface area contributed by atoms with Crippen LogP contribution in [-0.4, -0.2) is 27.9 Å². The molecule has 0 aliphatic heterocycles. The van der Waals surface area contributed by atoms with Gasteiger partial charge >= 0.3 is 5.97 Å². The maximum atomic E-state index is 14.0. The van der Waals surface area contributed by atoms with Crippen LogP contribution < -0.4 is 5.56 Å². The summed E-state index contributed by atoms with van der Waals surface area (Å²) in [6.45, 7) is 6.97. The lowest BCUT2D eigenvalue weighted by Crippen LogP contribution is -2.43. The summed E-state index contributed by atoms with van der Waals surface area (Å²) in [5, 5.41) is 0.619. The van der Waals surface area contributed by atoms with E-state index in [1.54, 1.807) is 6.92 Å². The summed E-state index contributed by atoms with van der Waals surface area (Å²) in [6.07, 6.45) is 6.56. The monoisotopic (exact) mass is 440 g/mol. The molecule has 1 spiro atoms. The molecule has 0 unspecified atom stereocenters. The van der Waals surface area contributed by atoms with E-state index in [1.807, 2.05) is 10.6 Å². The van der Waals surface area contributed by atoms with Gasteiger partial charge in [-0.05, 0) is 37.7 Å². The van der Waals surface area contributed by atoms with E-state index in [9.17, 15) is 9.59 Å². The standard InChI is InChI=1S/C25H32N2O3S/c1-4-30-20(28)16-31-24-26-22-19-11-7-6-10-18(19)14-25(12-8-5-9-13-25)21(22)23(29)27(24)15-17(2)3/h6-7,10-11,17H,4-5,8-9,12-16H2,1-3H3. The van der Waals surface area contributed by atoms with Crippen LogP contribution in [0.3, 0.4) is 0 Å². The highest BCUT2D eigenvalue weighted by molar-refractivity contribution is 7.99. The number of carbonyl (C=O) groups excluding carboxylic acids is 1. The first-order chi connectivity index (χ1) is 14.9. The molecule has 0 saturated heterocycles. The summed E-state index contributed by atoms with van der Waals surface area (Å²) in [5.74, 6) is 0.182. The van der Waals surface area contributed by atoms with E-state index in [1.165, 1.54) is 23.7 Å². The van der Waals surface area contributed by atoms with Crippen molar-refractivity contribution >= 4 is 17.7 Å². The second-order valence-corrected chi connectivity index (χ2v) is 10.1. The average molecular weight is 441 g/mol. The van der Waals surface area contributed by atoms with Crippen LogP contribution in [0.5, 0.6) is 0 Å². The number of thioether (sulfide) groups is 1. The minimum atomic E-state index is -0.278. The summed E-state index contributed by atoms with van der Waals surface area (Å²) in [6, 6.07) is 8.37. The van der Waals surface area contributed by atoms with Crippen LogP contribution in [0.2, 0.25) is 0 Å². The third kappa shape index (κ3) is 4.32. The van der Waals surface area contributed by atoms with Crippen LogP contribution in [0.25, 0.3) is 11.3 Å². The van der Waals surface area contributed by atoms with E-state index >= 15 is 0 Å². The Kier molecular flexibility index (Phi) is 6.56. The Bertz CT molecular complexity index is 1020. The molecule has 5 nitrogen and oxygen atoms in total. The summed E-state index contributed by atoms with van der Waals surface area (Å²) in [5.41, 5.74) is 4.07. The van der Waals surface area contributed by atoms with Gasteiger partial charge in [0.1, 0.15) is 0 Å². The van der Waals surface area contributed by atoms with Gasteiger partial charge in [-0.2, -0.15) is 0 Å². The van der Waals surface area contributed by atoms with Crippen LogP contribution >= 0.6 is 11.8 Å². The Balaban J connectivity index is 1.89. The van der Waals surface area contributed by atoms with Crippen LogP contribution in [0.15, 0.2) is 34.2 Å². The normalized spacial score (nSPS) is 16.8. The fraction of sp³-hybridized carbons (Fsp3) is 0.560. The Morgan fingerprint density at radius 1 is 1.23 bits per heavy atom. The number of esters is 1. The van der Waals surface area contributed by atoms with E-state index in [2.05, 4.69) is 32.0 Å². The van der Waals surface area contributed by atoms with Gasteiger partial charge in [-0.1, -0.05) is 69.1 Å². The third-order valence-corrected chi connectivity index (χ3v) is 7.40. The van der Waals surface area contributed by atoms with Gasteiger partial charge < -0.3 is 4.74 Å². The largest absolute Gasteiger partial charge is 0.465 e. The zero-order valence-electron chi connectivity index (χ0n) is 18.8. The van der Waals surface area contributed by atoms with Crippen molar-refractivity contribution in [3.63, 3.8) is 0 Å². The highest BCUT2D eigenvalue weighted by Gasteiger charge is 2.43. The van der Waals surface area contributed by atoms with Crippen molar-refractivity contribution < 1.29 is 9.53 Å². The van der Waals surface area contributed by atoms with Gasteiger partial charge in [0.05, 0.1) is 23.6 Å². The van der Waals surface area contributed by atoms with E-state index < -0.39 is 0 Å². The third-order valence-electron chi connectivity index (χ3n) is 6.45. The molecule has 1 saturated carbocycles. The lowest BCUT2D eigenvalue weighted by molar-refractivity contribution is -0.139. The van der Waals surface area contributed by atoms with Gasteiger partial charge in [0.2, 0.25) is 0 Å². The number of hydrogen-bond donors (Lipinski definition) is 0. The number of nitrogens with zero attached hydrogens (tertiary/aromatic N) is 2. The van der Waals surface area contributed by atoms with E-state index in [4.69, 9.17) is 9.72 Å². The molecule has 0 bridgehead atoms. The molecule has 1 heterocycles. The quantitative estimate of drug-likeness (QED) is 0.360. The molecule has 4 rings (SSSR count). The van der Waals surface area contributed by atoms with Crippen molar-refractivity contribution in [2.75, 3.05) is 12.4 Å². The average Bonchev–Trinajstić information content (AvgIpc) is 2.75. The maximum absolute atomic E-state index is 14.0. The maximum Gasteiger partial charge on any atom is 0.316 e. The number of fused-ring (bicyclic) bond motifs is 4. The fourth-order valence-corrected chi connectivity index (χ4v) is 5.98. The number of carbonyl (C=O) groups is 1. The number of rotatable bonds is 6. The molecule has 6 heteroatoms. The molecule has 0 atom stereocenters. The van der Waals surface area contributed by atoms with E-state index in [0.29, 0.717) is 24.2 Å². The lowest BCUT2D eigenvalue weighted by Gasteiger charge is -2.42. The Morgan fingerprint density at radius 3 is 2.68 bits per heavy atom. The topological polar surface area (TPSA) is 61.2 Å². The first-order valence-electron chi connectivity index (χ1n) is 11.5. The summed E-state index contributed by atoms with van der Waals surface area (Å²) >= 11 is 1.31. The van der Waals surface area contributed by atoms with Gasteiger partial charge in [-0.15, -0.1) is 0 Å². The van der Waals surface area contributed by atoms with Crippen molar-refractivity contribution in [2.45, 2.75) is 76.4 Å². The van der Waals surface area contributed by atoms with Crippen LogP contribution in [0.4, 0.5) is 0 Å². The minimum Gasteiger partial charge on any atom is -0.465 e. The molecule has 1 aromatic heterocycles. The molecule has 2 aliphatic carbocycles. The first kappa shape index (κ1) is 22.1. The van der Waals surface area contributed by atoms with Crippen LogP contribution in [0.1, 0.15) is 64.0 Å². The van der Waals surface area contributed by atoms with Crippen molar-refractivity contribution in [3.8, 4) is 11.3 Å². The van der Waals surface area contributed by atoms with Crippen molar-refractivity contribution in [2.24, 2.45) is 5.92 Å². The minimum absolute atomic E-state index is 0.0847. The predicted octanol–water partition coefficient (Wildman–Crippen LogP) is 4.98. The molecule has 0 amide bonds. The Hall–Kier alpha value is -2.08. The number of benzene rings is 1. The molecule has 2 aliphatic rings. The molecule has 0 radical (unpaired) electrons. The SMILES string of the molecule is CCOC(=O)CSc1nc2c(c(=O)n1CC(C)C)C1(CCCCC1)Cc1ccccc1-2. The molecule has 1 aromatic carbocycles. The van der Waals surface area contributed by atoms with E-state index in [-0.39, 0.29) is 22.7 Å². The molecule has 166 valence electrons. The second-order valence-electron chi connectivity index (χ2n) is 9.20. The van der Waals surface area contributed by atoms with Crippen LogP contribution in [0, 0.1) is 5.92 Å². The van der Waals surface area contributed by atoms with Gasteiger partial charge in [0, 0.05) is 17.5 Å². The first-order valence-corrected chi connectivity index (χ1v) is 12.5.